The van der Waals surface area contributed by atoms with E-state index < -0.39 is 12.1 Å². The highest BCUT2D eigenvalue weighted by molar-refractivity contribution is 5.79. The fourth-order valence-corrected chi connectivity index (χ4v) is 3.80. The first-order chi connectivity index (χ1) is 15.0. The minimum absolute atomic E-state index is 0.00801. The van der Waals surface area contributed by atoms with Gasteiger partial charge in [0.25, 0.3) is 0 Å². The van der Waals surface area contributed by atoms with Crippen molar-refractivity contribution in [2.75, 3.05) is 19.7 Å². The molecule has 1 aliphatic carbocycles. The number of benzene rings is 2. The molecule has 3 N–H and O–H groups in total. The van der Waals surface area contributed by atoms with Gasteiger partial charge >= 0.3 is 12.1 Å². The van der Waals surface area contributed by atoms with Gasteiger partial charge in [0, 0.05) is 31.3 Å². The lowest BCUT2D eigenvalue weighted by Crippen LogP contribution is -2.33. The van der Waals surface area contributed by atoms with Gasteiger partial charge in [0.05, 0.1) is 0 Å². The van der Waals surface area contributed by atoms with Crippen LogP contribution in [-0.2, 0) is 14.3 Å². The molecule has 0 fully saturated rings. The average Bonchev–Trinajstić information content (AvgIpc) is 3.08. The summed E-state index contributed by atoms with van der Waals surface area (Å²) in [4.78, 5) is 34.6. The zero-order valence-corrected chi connectivity index (χ0v) is 17.6. The Morgan fingerprint density at radius 1 is 0.968 bits per heavy atom. The van der Waals surface area contributed by atoms with Crippen LogP contribution in [0, 0.1) is 5.92 Å². The van der Waals surface area contributed by atoms with Crippen molar-refractivity contribution in [1.29, 1.82) is 0 Å². The topological polar surface area (TPSA) is 105 Å². The molecule has 0 aromatic heterocycles. The molecule has 0 heterocycles. The number of hydrogen-bond acceptors (Lipinski definition) is 4. The molecule has 0 bridgehead atoms. The SMILES string of the molecule is CC(CCNC(=O)OCC1c2ccccc2-c2ccccc21)C(=O)NCCCC(=O)O. The third-order valence-electron chi connectivity index (χ3n) is 5.50. The maximum Gasteiger partial charge on any atom is 0.407 e. The number of aliphatic carboxylic acids is 1. The summed E-state index contributed by atoms with van der Waals surface area (Å²) in [6.45, 7) is 2.67. The molecular formula is C24H28N2O5. The molecule has 2 amide bonds. The Hall–Kier alpha value is -3.35. The largest absolute Gasteiger partial charge is 0.481 e. The predicted molar refractivity (Wildman–Crippen MR) is 117 cm³/mol. The van der Waals surface area contributed by atoms with E-state index in [4.69, 9.17) is 9.84 Å². The molecule has 1 atom stereocenters. The molecule has 2 aromatic carbocycles. The van der Waals surface area contributed by atoms with Crippen molar-refractivity contribution < 1.29 is 24.2 Å². The van der Waals surface area contributed by atoms with Gasteiger partial charge in [0.15, 0.2) is 0 Å². The van der Waals surface area contributed by atoms with Crippen LogP contribution in [-0.4, -0.2) is 42.8 Å². The first kappa shape index (κ1) is 22.3. The van der Waals surface area contributed by atoms with Gasteiger partial charge < -0.3 is 20.5 Å². The first-order valence-corrected chi connectivity index (χ1v) is 10.6. The highest BCUT2D eigenvalue weighted by Gasteiger charge is 2.29. The molecule has 1 unspecified atom stereocenters. The van der Waals surface area contributed by atoms with Gasteiger partial charge in [0.1, 0.15) is 6.61 Å². The summed E-state index contributed by atoms with van der Waals surface area (Å²) in [7, 11) is 0. The van der Waals surface area contributed by atoms with Gasteiger partial charge in [-0.15, -0.1) is 0 Å². The maximum atomic E-state index is 12.2. The van der Waals surface area contributed by atoms with Crippen LogP contribution in [0.3, 0.4) is 0 Å². The number of rotatable bonds is 10. The molecule has 0 radical (unpaired) electrons. The van der Waals surface area contributed by atoms with Crippen molar-refractivity contribution in [3.63, 3.8) is 0 Å². The molecule has 2 aromatic rings. The Bertz CT molecular complexity index is 898. The van der Waals surface area contributed by atoms with Crippen molar-refractivity contribution in [3.8, 4) is 11.1 Å². The zero-order valence-electron chi connectivity index (χ0n) is 17.6. The smallest absolute Gasteiger partial charge is 0.407 e. The van der Waals surface area contributed by atoms with Crippen LogP contribution in [0.1, 0.15) is 43.2 Å². The van der Waals surface area contributed by atoms with E-state index in [1.54, 1.807) is 6.92 Å². The number of alkyl carbamates (subject to hydrolysis) is 1. The maximum absolute atomic E-state index is 12.2. The Balaban J connectivity index is 1.41. The second-order valence-corrected chi connectivity index (χ2v) is 7.73. The molecule has 31 heavy (non-hydrogen) atoms. The normalized spacial score (nSPS) is 13.1. The van der Waals surface area contributed by atoms with E-state index >= 15 is 0 Å². The van der Waals surface area contributed by atoms with Crippen LogP contribution in [0.15, 0.2) is 48.5 Å². The number of fused-ring (bicyclic) bond motifs is 3. The summed E-state index contributed by atoms with van der Waals surface area (Å²) < 4.78 is 5.48. The zero-order chi connectivity index (χ0) is 22.2. The predicted octanol–water partition coefficient (Wildman–Crippen LogP) is 3.53. The van der Waals surface area contributed by atoms with Gasteiger partial charge in [-0.2, -0.15) is 0 Å². The minimum atomic E-state index is -0.880. The third-order valence-corrected chi connectivity index (χ3v) is 5.50. The number of carboxylic acids is 1. The second kappa shape index (κ2) is 10.6. The number of amides is 2. The molecule has 7 nitrogen and oxygen atoms in total. The summed E-state index contributed by atoms with van der Waals surface area (Å²) in [6, 6.07) is 16.3. The fourth-order valence-electron chi connectivity index (χ4n) is 3.80. The van der Waals surface area contributed by atoms with Gasteiger partial charge in [-0.3, -0.25) is 9.59 Å². The number of nitrogens with one attached hydrogen (secondary N) is 2. The van der Waals surface area contributed by atoms with Crippen LogP contribution in [0.25, 0.3) is 11.1 Å². The van der Waals surface area contributed by atoms with Crippen molar-refractivity contribution in [2.24, 2.45) is 5.92 Å². The summed E-state index contributed by atoms with van der Waals surface area (Å²) in [5.74, 6) is -1.32. The highest BCUT2D eigenvalue weighted by atomic mass is 16.5. The standard InChI is InChI=1S/C24H28N2O5/c1-16(23(29)25-13-6-11-22(27)28)12-14-26-24(30)31-15-21-19-9-4-2-7-17(19)18-8-3-5-10-20(18)21/h2-5,7-10,16,21H,6,11-15H2,1H3,(H,25,29)(H,26,30)(H,27,28). The number of carboxylic acid groups (broad SMARTS) is 1. The number of carbonyl (C=O) groups excluding carboxylic acids is 2. The van der Waals surface area contributed by atoms with E-state index in [9.17, 15) is 14.4 Å². The molecule has 0 saturated carbocycles. The summed E-state index contributed by atoms with van der Waals surface area (Å²) >= 11 is 0. The molecular weight excluding hydrogens is 396 g/mol. The molecule has 0 saturated heterocycles. The molecule has 0 spiro atoms. The van der Waals surface area contributed by atoms with Gasteiger partial charge in [0.2, 0.25) is 5.91 Å². The molecule has 1 aliphatic rings. The summed E-state index contributed by atoms with van der Waals surface area (Å²) in [5.41, 5.74) is 4.67. The molecule has 0 aliphatic heterocycles. The van der Waals surface area contributed by atoms with Crippen LogP contribution >= 0.6 is 0 Å². The lowest BCUT2D eigenvalue weighted by atomic mass is 9.98. The Labute approximate surface area is 181 Å². The van der Waals surface area contributed by atoms with Gasteiger partial charge in [-0.1, -0.05) is 55.5 Å². The molecule has 3 rings (SSSR count). The van der Waals surface area contributed by atoms with Crippen LogP contribution in [0.5, 0.6) is 0 Å². The second-order valence-electron chi connectivity index (χ2n) is 7.73. The fraction of sp³-hybridized carbons (Fsp3) is 0.375. The van der Waals surface area contributed by atoms with E-state index in [-0.39, 0.29) is 30.8 Å². The Morgan fingerprint density at radius 3 is 2.19 bits per heavy atom. The van der Waals surface area contributed by atoms with Crippen molar-refractivity contribution >= 4 is 18.0 Å². The number of carbonyl (C=O) groups is 3. The third kappa shape index (κ3) is 5.84. The van der Waals surface area contributed by atoms with Gasteiger partial charge in [-0.05, 0) is 35.1 Å². The van der Waals surface area contributed by atoms with Crippen molar-refractivity contribution in [2.45, 2.75) is 32.1 Å². The quantitative estimate of drug-likeness (QED) is 0.506. The Morgan fingerprint density at radius 2 is 1.58 bits per heavy atom. The van der Waals surface area contributed by atoms with Crippen LogP contribution < -0.4 is 10.6 Å². The van der Waals surface area contributed by atoms with Gasteiger partial charge in [-0.25, -0.2) is 4.79 Å². The van der Waals surface area contributed by atoms with E-state index in [1.807, 2.05) is 24.3 Å². The lowest BCUT2D eigenvalue weighted by molar-refractivity contribution is -0.137. The van der Waals surface area contributed by atoms with Crippen molar-refractivity contribution in [1.82, 2.24) is 10.6 Å². The lowest BCUT2D eigenvalue weighted by Gasteiger charge is -2.15. The average molecular weight is 424 g/mol. The number of ether oxygens (including phenoxy) is 1. The molecule has 7 heteroatoms. The van der Waals surface area contributed by atoms with E-state index in [0.717, 1.165) is 11.1 Å². The molecule has 164 valence electrons. The summed E-state index contributed by atoms with van der Waals surface area (Å²) in [6.07, 6.45) is 0.384. The first-order valence-electron chi connectivity index (χ1n) is 10.6. The highest BCUT2D eigenvalue weighted by Crippen LogP contribution is 2.44. The van der Waals surface area contributed by atoms with E-state index in [1.165, 1.54) is 11.1 Å². The van der Waals surface area contributed by atoms with E-state index in [2.05, 4.69) is 34.9 Å². The minimum Gasteiger partial charge on any atom is -0.481 e. The van der Waals surface area contributed by atoms with Crippen LogP contribution in [0.2, 0.25) is 0 Å². The Kier molecular flexibility index (Phi) is 7.65. The number of hydrogen-bond donors (Lipinski definition) is 3. The van der Waals surface area contributed by atoms with Crippen molar-refractivity contribution in [3.05, 3.63) is 59.7 Å². The summed E-state index contributed by atoms with van der Waals surface area (Å²) in [5, 5.41) is 14.0. The van der Waals surface area contributed by atoms with Crippen LogP contribution in [0.4, 0.5) is 4.79 Å². The monoisotopic (exact) mass is 424 g/mol. The van der Waals surface area contributed by atoms with E-state index in [0.29, 0.717) is 25.9 Å².